The van der Waals surface area contributed by atoms with Crippen molar-refractivity contribution in [1.82, 2.24) is 19.9 Å². The first-order valence-corrected chi connectivity index (χ1v) is 8.09. The van der Waals surface area contributed by atoms with Crippen LogP contribution in [-0.4, -0.2) is 32.4 Å². The second-order valence-electron chi connectivity index (χ2n) is 5.93. The van der Waals surface area contributed by atoms with Crippen molar-refractivity contribution >= 4 is 5.91 Å². The van der Waals surface area contributed by atoms with Crippen LogP contribution in [-0.2, 0) is 17.9 Å². The minimum atomic E-state index is -0.305. The molecule has 1 aliphatic rings. The third kappa shape index (κ3) is 3.37. The monoisotopic (exact) mass is 350 g/mol. The molecule has 0 aliphatic carbocycles. The molecule has 0 bridgehead atoms. The summed E-state index contributed by atoms with van der Waals surface area (Å²) in [6.07, 6.45) is 4.82. The van der Waals surface area contributed by atoms with Crippen LogP contribution in [0.3, 0.4) is 0 Å². The molecule has 7 heteroatoms. The van der Waals surface area contributed by atoms with E-state index in [1.54, 1.807) is 35.5 Å². The summed E-state index contributed by atoms with van der Waals surface area (Å²) in [4.78, 5) is 26.7. The zero-order chi connectivity index (χ0) is 17.9. The minimum absolute atomic E-state index is 0.0519. The number of amides is 1. The van der Waals surface area contributed by atoms with E-state index >= 15 is 0 Å². The Morgan fingerprint density at radius 2 is 1.85 bits per heavy atom. The highest BCUT2D eigenvalue weighted by Gasteiger charge is 2.23. The number of nitrogens with zero attached hydrogens (tertiary/aromatic N) is 4. The summed E-state index contributed by atoms with van der Waals surface area (Å²) in [5, 5.41) is 0. The van der Waals surface area contributed by atoms with Crippen molar-refractivity contribution in [2.45, 2.75) is 13.1 Å². The molecule has 0 radical (unpaired) electrons. The van der Waals surface area contributed by atoms with Crippen molar-refractivity contribution in [2.24, 2.45) is 0 Å². The second-order valence-corrected chi connectivity index (χ2v) is 5.93. The lowest BCUT2D eigenvalue weighted by Crippen LogP contribution is -2.32. The number of hydrogen-bond donors (Lipinski definition) is 0. The topological polar surface area (TPSA) is 68.2 Å². The maximum absolute atomic E-state index is 13.1. The number of pyridine rings is 1. The highest BCUT2D eigenvalue weighted by Crippen LogP contribution is 2.26. The van der Waals surface area contributed by atoms with Gasteiger partial charge in [-0.2, -0.15) is 0 Å². The van der Waals surface area contributed by atoms with Gasteiger partial charge >= 0.3 is 0 Å². The van der Waals surface area contributed by atoms with E-state index in [9.17, 15) is 9.18 Å². The zero-order valence-electron chi connectivity index (χ0n) is 13.8. The Morgan fingerprint density at radius 1 is 1.08 bits per heavy atom. The van der Waals surface area contributed by atoms with Crippen LogP contribution in [0.4, 0.5) is 4.39 Å². The fourth-order valence-electron chi connectivity index (χ4n) is 2.78. The van der Waals surface area contributed by atoms with Gasteiger partial charge in [0.2, 0.25) is 0 Å². The van der Waals surface area contributed by atoms with Crippen molar-refractivity contribution in [3.8, 4) is 17.0 Å². The van der Waals surface area contributed by atoms with Crippen molar-refractivity contribution < 1.29 is 13.9 Å². The van der Waals surface area contributed by atoms with Crippen LogP contribution in [0.15, 0.2) is 55.1 Å². The molecule has 0 saturated heterocycles. The Labute approximate surface area is 149 Å². The van der Waals surface area contributed by atoms with Gasteiger partial charge in [-0.15, -0.1) is 0 Å². The van der Waals surface area contributed by atoms with Crippen LogP contribution in [0.2, 0.25) is 0 Å². The predicted molar refractivity (Wildman–Crippen MR) is 91.4 cm³/mol. The van der Waals surface area contributed by atoms with E-state index in [0.29, 0.717) is 30.2 Å². The molecule has 6 nitrogen and oxygen atoms in total. The third-order valence-corrected chi connectivity index (χ3v) is 4.12. The highest BCUT2D eigenvalue weighted by atomic mass is 19.1. The van der Waals surface area contributed by atoms with Crippen LogP contribution >= 0.6 is 0 Å². The fourth-order valence-corrected chi connectivity index (χ4v) is 2.78. The Hall–Kier alpha value is -3.35. The van der Waals surface area contributed by atoms with Crippen LogP contribution in [0.5, 0.6) is 5.75 Å². The molecule has 0 N–H and O–H groups in total. The lowest BCUT2D eigenvalue weighted by Gasteiger charge is -2.19. The molecule has 4 rings (SSSR count). The maximum Gasteiger partial charge on any atom is 0.261 e. The lowest BCUT2D eigenvalue weighted by molar-refractivity contribution is -0.133. The number of aromatic nitrogens is 3. The largest absolute Gasteiger partial charge is 0.482 e. The molecule has 1 aromatic carbocycles. The van der Waals surface area contributed by atoms with Gasteiger partial charge in [0.1, 0.15) is 23.6 Å². The average Bonchev–Trinajstić information content (AvgIpc) is 2.83. The van der Waals surface area contributed by atoms with Gasteiger partial charge < -0.3 is 9.64 Å². The first-order valence-electron chi connectivity index (χ1n) is 8.09. The highest BCUT2D eigenvalue weighted by molar-refractivity contribution is 5.78. The molecule has 2 aromatic heterocycles. The number of fused-ring (bicyclic) bond motifs is 1. The summed E-state index contributed by atoms with van der Waals surface area (Å²) < 4.78 is 18.7. The summed E-state index contributed by atoms with van der Waals surface area (Å²) in [7, 11) is 0. The molecule has 0 saturated carbocycles. The smallest absolute Gasteiger partial charge is 0.261 e. The maximum atomic E-state index is 13.1. The second kappa shape index (κ2) is 6.87. The summed E-state index contributed by atoms with van der Waals surface area (Å²) in [6, 6.07) is 9.72. The van der Waals surface area contributed by atoms with Crippen LogP contribution in [0.25, 0.3) is 11.3 Å². The van der Waals surface area contributed by atoms with Crippen molar-refractivity contribution in [3.05, 3.63) is 72.2 Å². The summed E-state index contributed by atoms with van der Waals surface area (Å²) in [5.74, 6) is 0.137. The Balaban J connectivity index is 1.62. The van der Waals surface area contributed by atoms with Gasteiger partial charge in [0.25, 0.3) is 5.91 Å². The SMILES string of the molecule is O=C1COc2ccc(-c3cncnc3)nc2CN1Cc1ccc(F)cc1. The number of hydrogen-bond acceptors (Lipinski definition) is 5. The predicted octanol–water partition coefficient (Wildman–Crippen LogP) is 2.60. The minimum Gasteiger partial charge on any atom is -0.482 e. The van der Waals surface area contributed by atoms with Gasteiger partial charge in [-0.3, -0.25) is 4.79 Å². The molecule has 0 unspecified atom stereocenters. The molecule has 0 spiro atoms. The number of carbonyl (C=O) groups excluding carboxylic acids is 1. The van der Waals surface area contributed by atoms with E-state index in [0.717, 1.165) is 11.1 Å². The van der Waals surface area contributed by atoms with Gasteiger partial charge in [0.05, 0.1) is 12.2 Å². The molecule has 3 heterocycles. The Bertz CT molecular complexity index is 932. The molecular weight excluding hydrogens is 335 g/mol. The van der Waals surface area contributed by atoms with Crippen LogP contribution < -0.4 is 4.74 Å². The van der Waals surface area contributed by atoms with E-state index in [1.807, 2.05) is 6.07 Å². The van der Waals surface area contributed by atoms with E-state index in [1.165, 1.54) is 18.5 Å². The molecule has 26 heavy (non-hydrogen) atoms. The van der Waals surface area contributed by atoms with Gasteiger partial charge in [0, 0.05) is 24.5 Å². The summed E-state index contributed by atoms with van der Waals surface area (Å²) in [5.41, 5.74) is 3.01. The average molecular weight is 350 g/mol. The van der Waals surface area contributed by atoms with Crippen LogP contribution in [0.1, 0.15) is 11.3 Å². The number of rotatable bonds is 3. The number of carbonyl (C=O) groups is 1. The summed E-state index contributed by atoms with van der Waals surface area (Å²) >= 11 is 0. The van der Waals surface area contributed by atoms with Gasteiger partial charge in [-0.05, 0) is 29.8 Å². The van der Waals surface area contributed by atoms with Crippen molar-refractivity contribution in [1.29, 1.82) is 0 Å². The van der Waals surface area contributed by atoms with Crippen molar-refractivity contribution in [2.75, 3.05) is 6.61 Å². The first kappa shape index (κ1) is 16.1. The Morgan fingerprint density at radius 3 is 2.62 bits per heavy atom. The van der Waals surface area contributed by atoms with Gasteiger partial charge in [0.15, 0.2) is 6.61 Å². The third-order valence-electron chi connectivity index (χ3n) is 4.12. The molecule has 130 valence electrons. The summed E-state index contributed by atoms with van der Waals surface area (Å²) in [6.45, 7) is 0.624. The zero-order valence-corrected chi connectivity index (χ0v) is 13.8. The lowest BCUT2D eigenvalue weighted by atomic mass is 10.2. The first-order chi connectivity index (χ1) is 12.7. The normalized spacial score (nSPS) is 13.7. The number of halogens is 1. The molecule has 1 aliphatic heterocycles. The standard InChI is InChI=1S/C19H15FN4O2/c20-15-3-1-13(2-4-15)9-24-10-17-18(26-11-19(24)25)6-5-16(23-17)14-7-21-12-22-8-14/h1-8,12H,9-11H2. The quantitative estimate of drug-likeness (QED) is 0.726. The number of benzene rings is 1. The number of ether oxygens (including phenoxy) is 1. The van der Waals surface area contributed by atoms with E-state index in [4.69, 9.17) is 4.74 Å². The van der Waals surface area contributed by atoms with E-state index in [2.05, 4.69) is 15.0 Å². The molecule has 0 fully saturated rings. The molecule has 0 atom stereocenters. The molecular formula is C19H15FN4O2. The van der Waals surface area contributed by atoms with Crippen molar-refractivity contribution in [3.63, 3.8) is 0 Å². The van der Waals surface area contributed by atoms with Gasteiger partial charge in [-0.1, -0.05) is 12.1 Å². The van der Waals surface area contributed by atoms with E-state index < -0.39 is 0 Å². The molecule has 1 amide bonds. The molecule has 3 aromatic rings. The Kier molecular flexibility index (Phi) is 4.27. The van der Waals surface area contributed by atoms with E-state index in [-0.39, 0.29) is 18.3 Å². The fraction of sp³-hybridized carbons (Fsp3) is 0.158. The van der Waals surface area contributed by atoms with Gasteiger partial charge in [-0.25, -0.2) is 19.3 Å². The van der Waals surface area contributed by atoms with Crippen LogP contribution in [0, 0.1) is 5.82 Å².